The third-order valence-electron chi connectivity index (χ3n) is 5.39. The second-order valence-electron chi connectivity index (χ2n) is 6.96. The summed E-state index contributed by atoms with van der Waals surface area (Å²) in [5.74, 6) is 0.139. The number of hydrogen-bond donors (Lipinski definition) is 0. The molecule has 1 amide bonds. The van der Waals surface area contributed by atoms with Crippen LogP contribution in [0.2, 0.25) is 0 Å². The number of nitrogens with zero attached hydrogens (tertiary/aromatic N) is 2. The normalized spacial score (nSPS) is 19.9. The summed E-state index contributed by atoms with van der Waals surface area (Å²) in [6, 6.07) is 18.4. The summed E-state index contributed by atoms with van der Waals surface area (Å²) in [7, 11) is -3.49. The van der Waals surface area contributed by atoms with Crippen molar-refractivity contribution in [2.45, 2.75) is 23.2 Å². The van der Waals surface area contributed by atoms with Crippen molar-refractivity contribution in [2.75, 3.05) is 26.2 Å². The standard InChI is InChI=1S/C20H22N2O3S/c23-19(20(11-12-20)17-7-3-1-4-8-17)21-13-15-22(16-14-21)26(24,25)18-9-5-2-6-10-18/h1-10H,11-16H2. The van der Waals surface area contributed by atoms with Gasteiger partial charge in [0.15, 0.2) is 0 Å². The summed E-state index contributed by atoms with van der Waals surface area (Å²) < 4.78 is 26.9. The Labute approximate surface area is 154 Å². The molecule has 4 rings (SSSR count). The molecule has 1 saturated carbocycles. The Hall–Kier alpha value is -2.18. The van der Waals surface area contributed by atoms with Crippen LogP contribution in [-0.2, 0) is 20.2 Å². The lowest BCUT2D eigenvalue weighted by Gasteiger charge is -2.36. The van der Waals surface area contributed by atoms with Crippen LogP contribution in [0, 0.1) is 0 Å². The highest BCUT2D eigenvalue weighted by atomic mass is 32.2. The molecule has 2 aliphatic rings. The van der Waals surface area contributed by atoms with Crippen LogP contribution in [0.5, 0.6) is 0 Å². The molecule has 0 bridgehead atoms. The molecule has 0 aromatic heterocycles. The Morgan fingerprint density at radius 1 is 0.808 bits per heavy atom. The van der Waals surface area contributed by atoms with Gasteiger partial charge in [-0.1, -0.05) is 48.5 Å². The molecule has 2 fully saturated rings. The number of carbonyl (C=O) groups excluding carboxylic acids is 1. The molecule has 5 nitrogen and oxygen atoms in total. The highest BCUT2D eigenvalue weighted by molar-refractivity contribution is 7.89. The average molecular weight is 370 g/mol. The molecule has 2 aromatic rings. The first-order valence-corrected chi connectivity index (χ1v) is 10.4. The van der Waals surface area contributed by atoms with Crippen molar-refractivity contribution in [3.63, 3.8) is 0 Å². The summed E-state index contributed by atoms with van der Waals surface area (Å²) >= 11 is 0. The Bertz CT molecular complexity index is 885. The molecule has 0 radical (unpaired) electrons. The minimum Gasteiger partial charge on any atom is -0.339 e. The van der Waals surface area contributed by atoms with Gasteiger partial charge in [-0.3, -0.25) is 4.79 Å². The van der Waals surface area contributed by atoms with Gasteiger partial charge in [0.05, 0.1) is 10.3 Å². The van der Waals surface area contributed by atoms with Crippen molar-refractivity contribution in [1.29, 1.82) is 0 Å². The molecule has 0 N–H and O–H groups in total. The first kappa shape index (κ1) is 17.2. The quantitative estimate of drug-likeness (QED) is 0.829. The van der Waals surface area contributed by atoms with Crippen LogP contribution in [0.4, 0.5) is 0 Å². The fraction of sp³-hybridized carbons (Fsp3) is 0.350. The zero-order valence-electron chi connectivity index (χ0n) is 14.5. The van der Waals surface area contributed by atoms with Crippen molar-refractivity contribution < 1.29 is 13.2 Å². The average Bonchev–Trinajstić information content (AvgIpc) is 3.51. The topological polar surface area (TPSA) is 57.7 Å². The highest BCUT2D eigenvalue weighted by Crippen LogP contribution is 2.49. The van der Waals surface area contributed by atoms with Crippen LogP contribution in [0.25, 0.3) is 0 Å². The smallest absolute Gasteiger partial charge is 0.243 e. The van der Waals surface area contributed by atoms with E-state index in [1.165, 1.54) is 4.31 Å². The summed E-state index contributed by atoms with van der Waals surface area (Å²) in [6.45, 7) is 1.57. The van der Waals surface area contributed by atoms with Crippen LogP contribution >= 0.6 is 0 Å². The highest BCUT2D eigenvalue weighted by Gasteiger charge is 2.53. The van der Waals surface area contributed by atoms with Crippen LogP contribution in [0.15, 0.2) is 65.6 Å². The van der Waals surface area contributed by atoms with E-state index in [0.717, 1.165) is 18.4 Å². The van der Waals surface area contributed by atoms with Gasteiger partial charge in [0.1, 0.15) is 0 Å². The summed E-state index contributed by atoms with van der Waals surface area (Å²) in [4.78, 5) is 15.2. The molecule has 26 heavy (non-hydrogen) atoms. The molecule has 1 saturated heterocycles. The minimum absolute atomic E-state index is 0.139. The van der Waals surface area contributed by atoms with Crippen LogP contribution in [0.3, 0.4) is 0 Å². The fourth-order valence-corrected chi connectivity index (χ4v) is 5.13. The Morgan fingerprint density at radius 2 is 1.35 bits per heavy atom. The predicted octanol–water partition coefficient (Wildman–Crippen LogP) is 2.25. The number of hydrogen-bond acceptors (Lipinski definition) is 3. The Morgan fingerprint density at radius 3 is 1.88 bits per heavy atom. The zero-order chi connectivity index (χ0) is 18.2. The van der Waals surface area contributed by atoms with E-state index < -0.39 is 10.0 Å². The van der Waals surface area contributed by atoms with Crippen molar-refractivity contribution in [1.82, 2.24) is 9.21 Å². The first-order chi connectivity index (χ1) is 12.5. The van der Waals surface area contributed by atoms with Gasteiger partial charge >= 0.3 is 0 Å². The molecule has 0 unspecified atom stereocenters. The number of rotatable bonds is 4. The van der Waals surface area contributed by atoms with Gasteiger partial charge in [-0.2, -0.15) is 4.31 Å². The lowest BCUT2D eigenvalue weighted by atomic mass is 9.94. The molecule has 2 aromatic carbocycles. The molecule has 6 heteroatoms. The van der Waals surface area contributed by atoms with Crippen LogP contribution in [-0.4, -0.2) is 49.7 Å². The van der Waals surface area contributed by atoms with Gasteiger partial charge in [-0.25, -0.2) is 8.42 Å². The number of carbonyl (C=O) groups is 1. The van der Waals surface area contributed by atoms with Gasteiger partial charge in [0.2, 0.25) is 15.9 Å². The van der Waals surface area contributed by atoms with Crippen molar-refractivity contribution in [3.8, 4) is 0 Å². The minimum atomic E-state index is -3.49. The van der Waals surface area contributed by atoms with Gasteiger partial charge in [-0.05, 0) is 30.5 Å². The van der Waals surface area contributed by atoms with Crippen molar-refractivity contribution in [2.24, 2.45) is 0 Å². The lowest BCUT2D eigenvalue weighted by Crippen LogP contribution is -2.52. The van der Waals surface area contributed by atoms with Crippen LogP contribution in [0.1, 0.15) is 18.4 Å². The lowest BCUT2D eigenvalue weighted by molar-refractivity contribution is -0.135. The molecule has 0 atom stereocenters. The fourth-order valence-electron chi connectivity index (χ4n) is 3.68. The van der Waals surface area contributed by atoms with Crippen molar-refractivity contribution in [3.05, 3.63) is 66.2 Å². The number of amides is 1. The van der Waals surface area contributed by atoms with E-state index in [1.807, 2.05) is 35.2 Å². The molecular weight excluding hydrogens is 348 g/mol. The third kappa shape index (κ3) is 2.93. The third-order valence-corrected chi connectivity index (χ3v) is 7.31. The first-order valence-electron chi connectivity index (χ1n) is 8.94. The number of benzene rings is 2. The van der Waals surface area contributed by atoms with E-state index in [9.17, 15) is 13.2 Å². The zero-order valence-corrected chi connectivity index (χ0v) is 15.4. The largest absolute Gasteiger partial charge is 0.339 e. The molecule has 1 heterocycles. The summed E-state index contributed by atoms with van der Waals surface area (Å²) in [5.41, 5.74) is 0.686. The number of piperazine rings is 1. The second kappa shape index (κ2) is 6.52. The van der Waals surface area contributed by atoms with Crippen LogP contribution < -0.4 is 0 Å². The maximum atomic E-state index is 13.1. The molecule has 1 aliphatic heterocycles. The molecule has 136 valence electrons. The van der Waals surface area contributed by atoms with Gasteiger partial charge in [0.25, 0.3) is 0 Å². The molecule has 1 aliphatic carbocycles. The van der Waals surface area contributed by atoms with E-state index in [0.29, 0.717) is 31.1 Å². The molecule has 0 spiro atoms. The van der Waals surface area contributed by atoms with E-state index in [-0.39, 0.29) is 11.3 Å². The summed E-state index contributed by atoms with van der Waals surface area (Å²) in [5, 5.41) is 0. The van der Waals surface area contributed by atoms with E-state index in [1.54, 1.807) is 30.3 Å². The SMILES string of the molecule is O=C(N1CCN(S(=O)(=O)c2ccccc2)CC1)C1(c2ccccc2)CC1. The van der Waals surface area contributed by atoms with E-state index in [4.69, 9.17) is 0 Å². The monoisotopic (exact) mass is 370 g/mol. The maximum absolute atomic E-state index is 13.1. The van der Waals surface area contributed by atoms with E-state index in [2.05, 4.69) is 0 Å². The Kier molecular flexibility index (Phi) is 4.32. The predicted molar refractivity (Wildman–Crippen MR) is 99.1 cm³/mol. The van der Waals surface area contributed by atoms with Crippen molar-refractivity contribution >= 4 is 15.9 Å². The van der Waals surface area contributed by atoms with E-state index >= 15 is 0 Å². The van der Waals surface area contributed by atoms with Gasteiger partial charge in [0, 0.05) is 26.2 Å². The molecular formula is C20H22N2O3S. The second-order valence-corrected chi connectivity index (χ2v) is 8.90. The van der Waals surface area contributed by atoms with Gasteiger partial charge < -0.3 is 4.90 Å². The van der Waals surface area contributed by atoms with Gasteiger partial charge in [-0.15, -0.1) is 0 Å². The maximum Gasteiger partial charge on any atom is 0.243 e. The number of sulfonamides is 1. The summed E-state index contributed by atoms with van der Waals surface area (Å²) in [6.07, 6.45) is 1.75. The Balaban J connectivity index is 1.45.